The lowest BCUT2D eigenvalue weighted by Crippen LogP contribution is -2.44. The normalized spacial score (nSPS) is 13.3. The number of unbranched alkanes of at least 4 members (excludes halogenated alkanes) is 21. The van der Waals surface area contributed by atoms with Crippen molar-refractivity contribution in [2.45, 2.75) is 219 Å². The Labute approximate surface area is 386 Å². The highest BCUT2D eigenvalue weighted by molar-refractivity contribution is 5.70. The number of quaternary nitrogens is 1. The van der Waals surface area contributed by atoms with Crippen molar-refractivity contribution in [3.05, 3.63) is 60.8 Å². The predicted octanol–water partition coefficient (Wildman–Crippen LogP) is 12.8. The van der Waals surface area contributed by atoms with E-state index in [4.69, 9.17) is 18.9 Å². The number of carbonyl (C=O) groups is 3. The molecule has 0 aliphatic rings. The van der Waals surface area contributed by atoms with Crippen molar-refractivity contribution >= 4 is 17.9 Å². The van der Waals surface area contributed by atoms with Gasteiger partial charge < -0.3 is 33.3 Å². The van der Waals surface area contributed by atoms with Gasteiger partial charge >= 0.3 is 11.9 Å². The maximum atomic E-state index is 12.8. The van der Waals surface area contributed by atoms with E-state index in [1.165, 1.54) is 103 Å². The first-order chi connectivity index (χ1) is 30.6. The first-order valence-electron chi connectivity index (χ1n) is 25.4. The summed E-state index contributed by atoms with van der Waals surface area (Å²) in [7, 11) is 5.91. The van der Waals surface area contributed by atoms with Crippen molar-refractivity contribution in [2.75, 3.05) is 47.5 Å². The third-order valence-electron chi connectivity index (χ3n) is 10.8. The Bertz CT molecular complexity index is 1220. The predicted molar refractivity (Wildman–Crippen MR) is 260 cm³/mol. The number of aliphatic carboxylic acids is 1. The number of ether oxygens (including phenoxy) is 4. The number of likely N-dealkylation sites (N-methyl/N-ethyl adjacent to an activating group) is 1. The van der Waals surface area contributed by atoms with E-state index in [1.807, 2.05) is 21.1 Å². The van der Waals surface area contributed by atoms with Crippen molar-refractivity contribution in [3.8, 4) is 0 Å². The second kappa shape index (κ2) is 45.6. The molecule has 0 aromatic carbocycles. The maximum Gasteiger partial charge on any atom is 0.306 e. The number of carbonyl (C=O) groups excluding carboxylic acids is 3. The summed E-state index contributed by atoms with van der Waals surface area (Å²) in [6, 6.07) is 0. The number of nitrogens with zero attached hydrogens (tertiary/aromatic N) is 1. The van der Waals surface area contributed by atoms with Crippen LogP contribution in [0.3, 0.4) is 0 Å². The van der Waals surface area contributed by atoms with Crippen LogP contribution in [0.4, 0.5) is 0 Å². The molecule has 0 aliphatic heterocycles. The number of carboxylic acid groups (broad SMARTS) is 1. The Morgan fingerprint density at radius 2 is 0.905 bits per heavy atom. The Morgan fingerprint density at radius 3 is 1.35 bits per heavy atom. The van der Waals surface area contributed by atoms with Crippen LogP contribution in [0, 0.1) is 0 Å². The van der Waals surface area contributed by atoms with Gasteiger partial charge in [-0.15, -0.1) is 0 Å². The standard InChI is InChI=1S/C54H95NO8/c1-6-8-10-12-14-16-17-18-19-20-21-22-23-24-25-26-27-28-29-30-31-32-33-34-35-37-39-41-43-45-52(57)63-50(49-62-54(53(58)59)60-47-46-55(3,4)5)48-61-51(56)44-42-40-38-36-15-13-11-9-7-2/h8,10,14,16,18-19,21-22,24-25,50,54H,6-7,9,11-13,15,17,20,23,26-49H2,1-5H3/b10-8-,16-14-,19-18-,22-21-,25-24-. The first kappa shape index (κ1) is 60.0. The molecule has 0 rings (SSSR count). The zero-order chi connectivity index (χ0) is 46.3. The van der Waals surface area contributed by atoms with Crippen LogP contribution in [-0.4, -0.2) is 82.3 Å². The Balaban J connectivity index is 4.15. The molecule has 364 valence electrons. The van der Waals surface area contributed by atoms with E-state index in [0.717, 1.165) is 70.6 Å². The molecule has 2 unspecified atom stereocenters. The van der Waals surface area contributed by atoms with Crippen LogP contribution in [0.5, 0.6) is 0 Å². The SMILES string of the molecule is CC/C=C\C/C=C\C/C=C\C/C=C\C/C=C\CCCCCCCCCCCCCCCC(=O)OC(COC(=O)CCCCCCCCCCC)COC(OCC[N+](C)(C)C)C(=O)[O-]. The van der Waals surface area contributed by atoms with E-state index in [2.05, 4.69) is 74.6 Å². The fourth-order valence-corrected chi connectivity index (χ4v) is 6.86. The molecule has 0 fully saturated rings. The van der Waals surface area contributed by atoms with Crippen LogP contribution in [0.2, 0.25) is 0 Å². The van der Waals surface area contributed by atoms with Crippen molar-refractivity contribution < 1.29 is 42.9 Å². The average Bonchev–Trinajstić information content (AvgIpc) is 3.24. The molecule has 2 atom stereocenters. The molecular formula is C54H95NO8. The van der Waals surface area contributed by atoms with Gasteiger partial charge in [0, 0.05) is 12.8 Å². The quantitative estimate of drug-likeness (QED) is 0.0195. The molecule has 0 spiro atoms. The number of allylic oxidation sites excluding steroid dienone is 10. The van der Waals surface area contributed by atoms with Gasteiger partial charge in [0.15, 0.2) is 12.4 Å². The molecule has 9 heteroatoms. The Hall–Kier alpha value is -3.01. The second-order valence-electron chi connectivity index (χ2n) is 18.1. The Kier molecular flexibility index (Phi) is 43.4. The summed E-state index contributed by atoms with van der Waals surface area (Å²) < 4.78 is 22.5. The number of hydrogen-bond acceptors (Lipinski definition) is 8. The van der Waals surface area contributed by atoms with Crippen LogP contribution in [-0.2, 0) is 33.3 Å². The minimum atomic E-state index is -1.62. The summed E-state index contributed by atoms with van der Waals surface area (Å²) in [5.41, 5.74) is 0. The number of esters is 2. The van der Waals surface area contributed by atoms with E-state index in [0.29, 0.717) is 23.9 Å². The van der Waals surface area contributed by atoms with Crippen molar-refractivity contribution in [2.24, 2.45) is 0 Å². The molecule has 0 aromatic heterocycles. The molecule has 0 amide bonds. The van der Waals surface area contributed by atoms with Crippen LogP contribution >= 0.6 is 0 Å². The second-order valence-corrected chi connectivity index (χ2v) is 18.1. The van der Waals surface area contributed by atoms with Gasteiger partial charge in [0.1, 0.15) is 13.2 Å². The molecule has 0 heterocycles. The molecule has 0 aliphatic carbocycles. The van der Waals surface area contributed by atoms with Crippen molar-refractivity contribution in [1.29, 1.82) is 0 Å². The van der Waals surface area contributed by atoms with E-state index < -0.39 is 24.3 Å². The van der Waals surface area contributed by atoms with Crippen LogP contribution < -0.4 is 5.11 Å². The highest BCUT2D eigenvalue weighted by Crippen LogP contribution is 2.15. The van der Waals surface area contributed by atoms with Gasteiger partial charge in [0.25, 0.3) is 0 Å². The zero-order valence-corrected chi connectivity index (χ0v) is 41.2. The summed E-state index contributed by atoms with van der Waals surface area (Å²) in [6.07, 6.45) is 52.7. The van der Waals surface area contributed by atoms with E-state index in [9.17, 15) is 19.5 Å². The van der Waals surface area contributed by atoms with Crippen LogP contribution in [0.15, 0.2) is 60.8 Å². The largest absolute Gasteiger partial charge is 0.545 e. The van der Waals surface area contributed by atoms with E-state index >= 15 is 0 Å². The summed E-state index contributed by atoms with van der Waals surface area (Å²) in [6.45, 7) is 4.60. The first-order valence-corrected chi connectivity index (χ1v) is 25.4. The minimum Gasteiger partial charge on any atom is -0.545 e. The summed E-state index contributed by atoms with van der Waals surface area (Å²) in [5.74, 6) is -2.29. The molecule has 0 aromatic rings. The summed E-state index contributed by atoms with van der Waals surface area (Å²) in [4.78, 5) is 37.0. The summed E-state index contributed by atoms with van der Waals surface area (Å²) in [5, 5.41) is 11.7. The van der Waals surface area contributed by atoms with Gasteiger partial charge in [-0.3, -0.25) is 9.59 Å². The van der Waals surface area contributed by atoms with Gasteiger partial charge in [-0.25, -0.2) is 0 Å². The number of carboxylic acids is 1. The third kappa shape index (κ3) is 46.8. The zero-order valence-electron chi connectivity index (χ0n) is 41.2. The molecule has 0 saturated carbocycles. The molecule has 0 bridgehead atoms. The molecule has 9 nitrogen and oxygen atoms in total. The number of hydrogen-bond donors (Lipinski definition) is 0. The van der Waals surface area contributed by atoms with Crippen LogP contribution in [0.1, 0.15) is 206 Å². The smallest absolute Gasteiger partial charge is 0.306 e. The summed E-state index contributed by atoms with van der Waals surface area (Å²) >= 11 is 0. The van der Waals surface area contributed by atoms with Crippen molar-refractivity contribution in [1.82, 2.24) is 0 Å². The molecule has 0 saturated heterocycles. The van der Waals surface area contributed by atoms with Gasteiger partial charge in [-0.05, 0) is 57.8 Å². The fourth-order valence-electron chi connectivity index (χ4n) is 6.86. The maximum absolute atomic E-state index is 12.8. The average molecular weight is 886 g/mol. The lowest BCUT2D eigenvalue weighted by atomic mass is 10.0. The highest BCUT2D eigenvalue weighted by Gasteiger charge is 2.21. The molecular weight excluding hydrogens is 791 g/mol. The monoisotopic (exact) mass is 886 g/mol. The highest BCUT2D eigenvalue weighted by atomic mass is 16.7. The van der Waals surface area contributed by atoms with Crippen LogP contribution in [0.25, 0.3) is 0 Å². The minimum absolute atomic E-state index is 0.147. The fraction of sp³-hybridized carbons (Fsp3) is 0.759. The molecule has 0 radical (unpaired) electrons. The van der Waals surface area contributed by atoms with Gasteiger partial charge in [-0.1, -0.05) is 197 Å². The lowest BCUT2D eigenvalue weighted by Gasteiger charge is -2.26. The van der Waals surface area contributed by atoms with Gasteiger partial charge in [0.2, 0.25) is 0 Å². The van der Waals surface area contributed by atoms with Gasteiger partial charge in [-0.2, -0.15) is 0 Å². The lowest BCUT2D eigenvalue weighted by molar-refractivity contribution is -0.870. The van der Waals surface area contributed by atoms with Crippen molar-refractivity contribution in [3.63, 3.8) is 0 Å². The molecule has 0 N–H and O–H groups in total. The van der Waals surface area contributed by atoms with E-state index in [1.54, 1.807) is 0 Å². The third-order valence-corrected chi connectivity index (χ3v) is 10.8. The Morgan fingerprint density at radius 1 is 0.492 bits per heavy atom. The van der Waals surface area contributed by atoms with E-state index in [-0.39, 0.29) is 32.2 Å². The topological polar surface area (TPSA) is 111 Å². The number of rotatable bonds is 46. The molecule has 63 heavy (non-hydrogen) atoms. The van der Waals surface area contributed by atoms with Gasteiger partial charge in [0.05, 0.1) is 40.3 Å².